The summed E-state index contributed by atoms with van der Waals surface area (Å²) in [5.74, 6) is -0.0791. The molecule has 1 aliphatic heterocycles. The fraction of sp³-hybridized carbons (Fsp3) is 0.846. The van der Waals surface area contributed by atoms with E-state index in [1.807, 2.05) is 13.8 Å². The van der Waals surface area contributed by atoms with E-state index in [-0.39, 0.29) is 17.7 Å². The lowest BCUT2D eigenvalue weighted by molar-refractivity contribution is -0.131. The summed E-state index contributed by atoms with van der Waals surface area (Å²) in [5, 5.41) is 2.71. The zero-order valence-electron chi connectivity index (χ0n) is 11.8. The van der Waals surface area contributed by atoms with Crippen molar-refractivity contribution in [2.45, 2.75) is 58.8 Å². The molecule has 0 aromatic heterocycles. The van der Waals surface area contributed by atoms with Crippen LogP contribution in [0.15, 0.2) is 0 Å². The molecular formula is C13H23NO4. The number of amides is 1. The fourth-order valence-corrected chi connectivity index (χ4v) is 1.81. The van der Waals surface area contributed by atoms with Crippen LogP contribution >= 0.6 is 0 Å². The van der Waals surface area contributed by atoms with Gasteiger partial charge in [0.25, 0.3) is 0 Å². The van der Waals surface area contributed by atoms with Crippen LogP contribution in [0.4, 0.5) is 4.79 Å². The first kappa shape index (κ1) is 15.0. The van der Waals surface area contributed by atoms with Gasteiger partial charge in [-0.3, -0.25) is 4.79 Å². The monoisotopic (exact) mass is 257 g/mol. The minimum absolute atomic E-state index is 0.0218. The van der Waals surface area contributed by atoms with Crippen LogP contribution in [0.2, 0.25) is 0 Å². The van der Waals surface area contributed by atoms with Crippen LogP contribution in [0.1, 0.15) is 41.0 Å². The van der Waals surface area contributed by atoms with Crippen molar-refractivity contribution < 1.29 is 19.1 Å². The molecule has 5 heteroatoms. The SMILES string of the molecule is CC(C)C(=O)[C@@H]1OCC[C@@H]1NC(=O)OC(C)(C)C. The molecule has 1 fully saturated rings. The molecule has 0 spiro atoms. The normalized spacial score (nSPS) is 24.1. The second kappa shape index (κ2) is 5.69. The zero-order chi connectivity index (χ0) is 13.9. The molecule has 1 heterocycles. The van der Waals surface area contributed by atoms with E-state index in [1.165, 1.54) is 0 Å². The number of carbonyl (C=O) groups is 2. The summed E-state index contributed by atoms with van der Waals surface area (Å²) in [7, 11) is 0. The Balaban J connectivity index is 2.55. The van der Waals surface area contributed by atoms with E-state index < -0.39 is 17.8 Å². The quantitative estimate of drug-likeness (QED) is 0.838. The minimum atomic E-state index is -0.544. The number of carbonyl (C=O) groups excluding carboxylic acids is 2. The number of ketones is 1. The summed E-state index contributed by atoms with van der Waals surface area (Å²) in [6, 6.07) is -0.283. The van der Waals surface area contributed by atoms with Crippen molar-refractivity contribution in [2.24, 2.45) is 5.92 Å². The first-order valence-electron chi connectivity index (χ1n) is 6.35. The minimum Gasteiger partial charge on any atom is -0.444 e. The van der Waals surface area contributed by atoms with Gasteiger partial charge in [0.05, 0.1) is 6.04 Å². The fourth-order valence-electron chi connectivity index (χ4n) is 1.81. The van der Waals surface area contributed by atoms with E-state index in [0.717, 1.165) is 0 Å². The van der Waals surface area contributed by atoms with Crippen LogP contribution in [0.25, 0.3) is 0 Å². The predicted octanol–water partition coefficient (Wildman–Crippen LogP) is 1.89. The van der Waals surface area contributed by atoms with E-state index >= 15 is 0 Å². The van der Waals surface area contributed by atoms with Gasteiger partial charge in [-0.2, -0.15) is 0 Å². The molecule has 0 radical (unpaired) electrons. The van der Waals surface area contributed by atoms with Crippen LogP contribution in [0.3, 0.4) is 0 Å². The maximum atomic E-state index is 11.9. The molecule has 2 atom stereocenters. The average molecular weight is 257 g/mol. The lowest BCUT2D eigenvalue weighted by Gasteiger charge is -2.24. The number of hydrogen-bond donors (Lipinski definition) is 1. The van der Waals surface area contributed by atoms with Gasteiger partial charge < -0.3 is 14.8 Å². The molecule has 18 heavy (non-hydrogen) atoms. The van der Waals surface area contributed by atoms with E-state index in [2.05, 4.69) is 5.32 Å². The summed E-state index contributed by atoms with van der Waals surface area (Å²) >= 11 is 0. The first-order chi connectivity index (χ1) is 8.20. The summed E-state index contributed by atoms with van der Waals surface area (Å²) in [5.41, 5.74) is -0.541. The second-order valence-corrected chi connectivity index (χ2v) is 5.89. The number of alkyl carbamates (subject to hydrolysis) is 1. The highest BCUT2D eigenvalue weighted by molar-refractivity contribution is 5.86. The Hall–Kier alpha value is -1.10. The third-order valence-electron chi connectivity index (χ3n) is 2.64. The van der Waals surface area contributed by atoms with Crippen LogP contribution in [0.5, 0.6) is 0 Å². The number of nitrogens with one attached hydrogen (secondary N) is 1. The van der Waals surface area contributed by atoms with Crippen molar-refractivity contribution in [3.8, 4) is 0 Å². The van der Waals surface area contributed by atoms with Crippen molar-refractivity contribution in [1.29, 1.82) is 0 Å². The van der Waals surface area contributed by atoms with Crippen molar-refractivity contribution in [1.82, 2.24) is 5.32 Å². The Kier molecular flexibility index (Phi) is 4.73. The van der Waals surface area contributed by atoms with E-state index in [4.69, 9.17) is 9.47 Å². The second-order valence-electron chi connectivity index (χ2n) is 5.89. The molecule has 5 nitrogen and oxygen atoms in total. The first-order valence-corrected chi connectivity index (χ1v) is 6.35. The highest BCUT2D eigenvalue weighted by atomic mass is 16.6. The Bertz CT molecular complexity index is 319. The molecule has 0 aromatic rings. The summed E-state index contributed by atoms with van der Waals surface area (Å²) < 4.78 is 10.6. The van der Waals surface area contributed by atoms with Crippen LogP contribution in [-0.2, 0) is 14.3 Å². The molecule has 0 bridgehead atoms. The molecule has 0 aliphatic carbocycles. The van der Waals surface area contributed by atoms with Crippen molar-refractivity contribution in [3.05, 3.63) is 0 Å². The Labute approximate surface area is 108 Å². The number of Topliss-reactive ketones (excluding diaryl/α,β-unsaturated/α-hetero) is 1. The molecule has 1 saturated heterocycles. The van der Waals surface area contributed by atoms with Crippen LogP contribution in [0, 0.1) is 5.92 Å². The zero-order valence-corrected chi connectivity index (χ0v) is 11.8. The third-order valence-corrected chi connectivity index (χ3v) is 2.64. The molecule has 0 saturated carbocycles. The van der Waals surface area contributed by atoms with Crippen molar-refractivity contribution in [3.63, 3.8) is 0 Å². The largest absolute Gasteiger partial charge is 0.444 e. The number of hydrogen-bond acceptors (Lipinski definition) is 4. The molecule has 1 rings (SSSR count). The van der Waals surface area contributed by atoms with Gasteiger partial charge in [-0.05, 0) is 27.2 Å². The predicted molar refractivity (Wildman–Crippen MR) is 67.4 cm³/mol. The van der Waals surface area contributed by atoms with Gasteiger partial charge in [-0.15, -0.1) is 0 Å². The molecular weight excluding hydrogens is 234 g/mol. The highest BCUT2D eigenvalue weighted by Crippen LogP contribution is 2.18. The van der Waals surface area contributed by atoms with Crippen LogP contribution < -0.4 is 5.32 Å². The molecule has 0 unspecified atom stereocenters. The van der Waals surface area contributed by atoms with Gasteiger partial charge in [0.2, 0.25) is 0 Å². The average Bonchev–Trinajstić information content (AvgIpc) is 2.61. The summed E-state index contributed by atoms with van der Waals surface area (Å²) in [6.07, 6.45) is -0.403. The number of rotatable bonds is 3. The molecule has 104 valence electrons. The summed E-state index contributed by atoms with van der Waals surface area (Å²) in [4.78, 5) is 23.6. The maximum absolute atomic E-state index is 11.9. The van der Waals surface area contributed by atoms with Gasteiger partial charge in [-0.25, -0.2) is 4.79 Å². The Morgan fingerprint density at radius 1 is 1.33 bits per heavy atom. The van der Waals surface area contributed by atoms with Crippen molar-refractivity contribution >= 4 is 11.9 Å². The van der Waals surface area contributed by atoms with Gasteiger partial charge in [0.1, 0.15) is 11.7 Å². The third kappa shape index (κ3) is 4.29. The van der Waals surface area contributed by atoms with Gasteiger partial charge in [0.15, 0.2) is 5.78 Å². The van der Waals surface area contributed by atoms with E-state index in [1.54, 1.807) is 20.8 Å². The topological polar surface area (TPSA) is 64.6 Å². The van der Waals surface area contributed by atoms with Gasteiger partial charge in [0, 0.05) is 12.5 Å². The standard InChI is InChI=1S/C13H23NO4/c1-8(2)10(15)11-9(6-7-17-11)14-12(16)18-13(3,4)5/h8-9,11H,6-7H2,1-5H3,(H,14,16)/t9-,11+/m0/s1. The summed E-state index contributed by atoms with van der Waals surface area (Å²) in [6.45, 7) is 9.55. The van der Waals surface area contributed by atoms with Gasteiger partial charge in [-0.1, -0.05) is 13.8 Å². The Morgan fingerprint density at radius 3 is 2.44 bits per heavy atom. The van der Waals surface area contributed by atoms with E-state index in [9.17, 15) is 9.59 Å². The molecule has 1 N–H and O–H groups in total. The smallest absolute Gasteiger partial charge is 0.407 e. The Morgan fingerprint density at radius 2 is 1.94 bits per heavy atom. The molecule has 1 amide bonds. The number of ether oxygens (including phenoxy) is 2. The van der Waals surface area contributed by atoms with Crippen LogP contribution in [-0.4, -0.2) is 36.2 Å². The highest BCUT2D eigenvalue weighted by Gasteiger charge is 2.36. The van der Waals surface area contributed by atoms with Gasteiger partial charge >= 0.3 is 6.09 Å². The van der Waals surface area contributed by atoms with E-state index in [0.29, 0.717) is 13.0 Å². The molecule has 1 aliphatic rings. The lowest BCUT2D eigenvalue weighted by atomic mass is 9.98. The maximum Gasteiger partial charge on any atom is 0.407 e. The molecule has 0 aromatic carbocycles. The van der Waals surface area contributed by atoms with Crippen molar-refractivity contribution in [2.75, 3.05) is 6.61 Å². The lowest BCUT2D eigenvalue weighted by Crippen LogP contribution is -2.46.